The lowest BCUT2D eigenvalue weighted by Gasteiger charge is -2.31. The highest BCUT2D eigenvalue weighted by Gasteiger charge is 2.48. The van der Waals surface area contributed by atoms with Gasteiger partial charge in [-0.1, -0.05) is 133 Å². The van der Waals surface area contributed by atoms with E-state index in [2.05, 4.69) is 113 Å². The number of aromatic nitrogens is 3. The van der Waals surface area contributed by atoms with Crippen molar-refractivity contribution in [1.82, 2.24) is 15.0 Å². The summed E-state index contributed by atoms with van der Waals surface area (Å²) in [6.45, 7) is 0. The quantitative estimate of drug-likeness (QED) is 0.297. The molecule has 0 saturated heterocycles. The Bertz CT molecular complexity index is 1730. The van der Waals surface area contributed by atoms with Gasteiger partial charge in [-0.2, -0.15) is 9.97 Å². The maximum absolute atomic E-state index is 6.43. The number of rotatable bonds is 4. The van der Waals surface area contributed by atoms with Crippen LogP contribution in [0.3, 0.4) is 0 Å². The zero-order valence-corrected chi connectivity index (χ0v) is 22.2. The Morgan fingerprint density at radius 2 is 0.974 bits per heavy atom. The zero-order valence-electron chi connectivity index (χ0n) is 20.4. The van der Waals surface area contributed by atoms with Crippen LogP contribution in [-0.2, 0) is 0 Å². The van der Waals surface area contributed by atoms with Crippen LogP contribution in [0.2, 0.25) is 5.28 Å². The maximum Gasteiger partial charge on any atom is 0.226 e. The smallest absolute Gasteiger partial charge is 0.208 e. The van der Waals surface area contributed by atoms with Crippen molar-refractivity contribution >= 4 is 40.4 Å². The van der Waals surface area contributed by atoms with Crippen LogP contribution in [0.5, 0.6) is 0 Å². The van der Waals surface area contributed by atoms with Crippen molar-refractivity contribution in [1.29, 1.82) is 0 Å². The average molecular weight is 524 g/mol. The van der Waals surface area contributed by atoms with Crippen LogP contribution in [0.4, 0.5) is 0 Å². The van der Waals surface area contributed by atoms with Crippen molar-refractivity contribution in [3.8, 4) is 33.9 Å². The molecule has 0 fully saturated rings. The van der Waals surface area contributed by atoms with Crippen molar-refractivity contribution in [2.75, 3.05) is 0 Å². The Labute approximate surface area is 227 Å². The molecule has 0 saturated carbocycles. The van der Waals surface area contributed by atoms with Crippen LogP contribution >= 0.6 is 11.6 Å². The summed E-state index contributed by atoms with van der Waals surface area (Å²) in [6, 6.07) is 47.3. The van der Waals surface area contributed by atoms with Gasteiger partial charge >= 0.3 is 0 Å². The second-order valence-corrected chi connectivity index (χ2v) is 13.5. The second kappa shape index (κ2) is 9.17. The van der Waals surface area contributed by atoms with E-state index in [9.17, 15) is 0 Å². The Morgan fingerprint density at radius 1 is 0.447 bits per heavy atom. The molecule has 0 atom stereocenters. The third kappa shape index (κ3) is 3.53. The van der Waals surface area contributed by atoms with Crippen LogP contribution in [-0.4, -0.2) is 23.0 Å². The van der Waals surface area contributed by atoms with Crippen molar-refractivity contribution < 1.29 is 0 Å². The lowest BCUT2D eigenvalue weighted by molar-refractivity contribution is 1.07. The SMILES string of the molecule is Clc1nc(-c2ccccc2)nc(-c2ccc3c(c2)[Si](c2ccccc2)(c2ccccc2)c2ccccc2-3)n1. The summed E-state index contributed by atoms with van der Waals surface area (Å²) in [5, 5.41) is 5.64. The summed E-state index contributed by atoms with van der Waals surface area (Å²) in [4.78, 5) is 13.8. The zero-order chi connectivity index (χ0) is 25.5. The summed E-state index contributed by atoms with van der Waals surface area (Å²) in [6.07, 6.45) is 0. The molecule has 7 rings (SSSR count). The Hall–Kier alpha value is -4.38. The van der Waals surface area contributed by atoms with Gasteiger partial charge in [0.1, 0.15) is 0 Å². The predicted octanol–water partition coefficient (Wildman–Crippen LogP) is 5.22. The molecule has 38 heavy (non-hydrogen) atoms. The summed E-state index contributed by atoms with van der Waals surface area (Å²) in [7, 11) is -2.59. The molecule has 0 radical (unpaired) electrons. The molecule has 180 valence electrons. The number of hydrogen-bond acceptors (Lipinski definition) is 3. The molecule has 1 aliphatic rings. The van der Waals surface area contributed by atoms with Gasteiger partial charge in [0.25, 0.3) is 0 Å². The Morgan fingerprint density at radius 3 is 1.63 bits per heavy atom. The van der Waals surface area contributed by atoms with E-state index >= 15 is 0 Å². The highest BCUT2D eigenvalue weighted by atomic mass is 35.5. The van der Waals surface area contributed by atoms with Crippen molar-refractivity contribution in [3.63, 3.8) is 0 Å². The fourth-order valence-electron chi connectivity index (χ4n) is 5.78. The van der Waals surface area contributed by atoms with Gasteiger partial charge in [-0.3, -0.25) is 0 Å². The minimum atomic E-state index is -2.59. The van der Waals surface area contributed by atoms with Crippen molar-refractivity contribution in [3.05, 3.63) is 139 Å². The van der Waals surface area contributed by atoms with E-state index in [1.807, 2.05) is 30.3 Å². The van der Waals surface area contributed by atoms with Gasteiger partial charge in [0.05, 0.1) is 0 Å². The fourth-order valence-corrected chi connectivity index (χ4v) is 11.2. The van der Waals surface area contributed by atoms with Gasteiger partial charge in [-0.25, -0.2) is 4.98 Å². The summed E-state index contributed by atoms with van der Waals surface area (Å²) < 4.78 is 0. The first-order valence-corrected chi connectivity index (χ1v) is 15.0. The molecule has 1 aromatic heterocycles. The van der Waals surface area contributed by atoms with Gasteiger partial charge in [-0.15, -0.1) is 0 Å². The van der Waals surface area contributed by atoms with Gasteiger partial charge in [0.15, 0.2) is 19.7 Å². The highest BCUT2D eigenvalue weighted by molar-refractivity contribution is 7.22. The Balaban J connectivity index is 1.51. The van der Waals surface area contributed by atoms with Crippen molar-refractivity contribution in [2.45, 2.75) is 0 Å². The minimum absolute atomic E-state index is 0.187. The molecule has 0 unspecified atom stereocenters. The van der Waals surface area contributed by atoms with E-state index in [1.54, 1.807) is 0 Å². The number of fused-ring (bicyclic) bond motifs is 3. The maximum atomic E-state index is 6.43. The molecule has 6 aromatic rings. The highest BCUT2D eigenvalue weighted by Crippen LogP contribution is 2.31. The fraction of sp³-hybridized carbons (Fsp3) is 0. The molecule has 2 heterocycles. The standard InChI is InChI=1S/C33H22ClN3Si/c34-33-36-31(23-12-4-1-5-13-23)35-32(37-33)24-20-21-28-27-18-10-11-19-29(27)38(30(28)22-24,25-14-6-2-7-15-25)26-16-8-3-9-17-26/h1-22H. The summed E-state index contributed by atoms with van der Waals surface area (Å²) in [5.41, 5.74) is 4.41. The van der Waals surface area contributed by atoms with Gasteiger partial charge in [-0.05, 0) is 43.5 Å². The summed E-state index contributed by atoms with van der Waals surface area (Å²) in [5.74, 6) is 1.14. The molecule has 0 aliphatic carbocycles. The minimum Gasteiger partial charge on any atom is -0.208 e. The molecule has 5 heteroatoms. The average Bonchev–Trinajstić information content (AvgIpc) is 3.29. The molecule has 0 N–H and O–H groups in total. The molecule has 5 aromatic carbocycles. The van der Waals surface area contributed by atoms with Crippen LogP contribution in [0.25, 0.3) is 33.9 Å². The Kier molecular flexibility index (Phi) is 5.50. The molecule has 0 bridgehead atoms. The lowest BCUT2D eigenvalue weighted by Crippen LogP contribution is -2.72. The van der Waals surface area contributed by atoms with Crippen LogP contribution < -0.4 is 20.7 Å². The van der Waals surface area contributed by atoms with E-state index < -0.39 is 8.07 Å². The largest absolute Gasteiger partial charge is 0.226 e. The molecule has 0 spiro atoms. The first kappa shape index (κ1) is 22.8. The van der Waals surface area contributed by atoms with E-state index in [0.717, 1.165) is 11.1 Å². The van der Waals surface area contributed by atoms with E-state index in [-0.39, 0.29) is 5.28 Å². The van der Waals surface area contributed by atoms with E-state index in [0.29, 0.717) is 11.6 Å². The number of hydrogen-bond donors (Lipinski definition) is 0. The molecule has 1 aliphatic heterocycles. The van der Waals surface area contributed by atoms with Gasteiger partial charge in [0.2, 0.25) is 5.28 Å². The summed E-state index contributed by atoms with van der Waals surface area (Å²) >= 11 is 6.43. The van der Waals surface area contributed by atoms with Crippen molar-refractivity contribution in [2.24, 2.45) is 0 Å². The van der Waals surface area contributed by atoms with Crippen LogP contribution in [0, 0.1) is 0 Å². The first-order valence-electron chi connectivity index (χ1n) is 12.6. The number of nitrogens with zero attached hydrogens (tertiary/aromatic N) is 3. The third-order valence-corrected chi connectivity index (χ3v) is 12.4. The molecular weight excluding hydrogens is 502 g/mol. The van der Waals surface area contributed by atoms with Crippen LogP contribution in [0.15, 0.2) is 133 Å². The monoisotopic (exact) mass is 523 g/mol. The molecular formula is C33H22ClN3Si. The second-order valence-electron chi connectivity index (χ2n) is 9.41. The topological polar surface area (TPSA) is 38.7 Å². The lowest BCUT2D eigenvalue weighted by atomic mass is 10.0. The van der Waals surface area contributed by atoms with Gasteiger partial charge in [0, 0.05) is 11.1 Å². The van der Waals surface area contributed by atoms with E-state index in [4.69, 9.17) is 16.6 Å². The molecule has 0 amide bonds. The first-order chi connectivity index (χ1) is 18.7. The number of benzene rings is 5. The van der Waals surface area contributed by atoms with E-state index in [1.165, 1.54) is 31.9 Å². The predicted molar refractivity (Wildman–Crippen MR) is 158 cm³/mol. The molecule has 3 nitrogen and oxygen atoms in total. The third-order valence-electron chi connectivity index (χ3n) is 7.36. The van der Waals surface area contributed by atoms with Crippen LogP contribution in [0.1, 0.15) is 0 Å². The van der Waals surface area contributed by atoms with Gasteiger partial charge < -0.3 is 0 Å². The number of halogens is 1. The normalized spacial score (nSPS) is 13.1.